The second-order valence-corrected chi connectivity index (χ2v) is 5.41. The Bertz CT molecular complexity index is 801. The Labute approximate surface area is 133 Å². The molecule has 3 N–H and O–H groups in total. The standard InChI is InChI=1S/C16H19N5O2/c17-16-18-14-13(15(23)19-16)21(10-12-6-2-1-3-7-12)11-20(14)8-4-5-9-22/h1-3,6-7,11,22H,4-5,8-10H2,(H2-,17,18,19,23). The maximum absolute atomic E-state index is 12.2. The van der Waals surface area contributed by atoms with Crippen LogP contribution >= 0.6 is 0 Å². The molecule has 0 atom stereocenters. The molecule has 1 aromatic carbocycles. The van der Waals surface area contributed by atoms with E-state index in [1.54, 1.807) is 0 Å². The molecule has 0 saturated heterocycles. The monoisotopic (exact) mass is 313 g/mol. The summed E-state index contributed by atoms with van der Waals surface area (Å²) in [7, 11) is 0. The minimum absolute atomic E-state index is 0.0177. The number of nitrogens with two attached hydrogens (primary N) is 1. The van der Waals surface area contributed by atoms with Crippen LogP contribution in [-0.2, 0) is 13.1 Å². The van der Waals surface area contributed by atoms with Crippen LogP contribution in [0.3, 0.4) is 0 Å². The van der Waals surface area contributed by atoms with Crippen LogP contribution in [0.1, 0.15) is 18.4 Å². The fourth-order valence-electron chi connectivity index (χ4n) is 2.63. The molecule has 3 aromatic rings. The molecule has 0 fully saturated rings. The first-order valence-electron chi connectivity index (χ1n) is 7.56. The molecule has 0 aliphatic carbocycles. The van der Waals surface area contributed by atoms with Gasteiger partial charge in [0.15, 0.2) is 11.8 Å². The van der Waals surface area contributed by atoms with Crippen LogP contribution in [0.4, 0.5) is 5.95 Å². The molecule has 0 radical (unpaired) electrons. The first-order valence-corrected chi connectivity index (χ1v) is 7.56. The third-order valence-electron chi connectivity index (χ3n) is 3.69. The minimum atomic E-state index is -0.371. The van der Waals surface area contributed by atoms with Crippen molar-refractivity contribution in [1.82, 2.24) is 14.5 Å². The maximum atomic E-state index is 12.2. The van der Waals surface area contributed by atoms with Gasteiger partial charge in [-0.1, -0.05) is 35.3 Å². The Kier molecular flexibility index (Phi) is 4.38. The van der Waals surface area contributed by atoms with Crippen LogP contribution in [0, 0.1) is 0 Å². The lowest BCUT2D eigenvalue weighted by Crippen LogP contribution is -2.33. The number of aliphatic hydroxyl groups excluding tert-OH is 1. The highest BCUT2D eigenvalue weighted by Crippen LogP contribution is 2.19. The van der Waals surface area contributed by atoms with Crippen molar-refractivity contribution in [2.45, 2.75) is 25.9 Å². The van der Waals surface area contributed by atoms with Gasteiger partial charge in [-0.3, -0.25) is 4.57 Å². The van der Waals surface area contributed by atoms with Crippen molar-refractivity contribution in [3.63, 3.8) is 0 Å². The minimum Gasteiger partial charge on any atom is -0.856 e. The van der Waals surface area contributed by atoms with E-state index in [2.05, 4.69) is 9.97 Å². The molecule has 0 bridgehead atoms. The summed E-state index contributed by atoms with van der Waals surface area (Å²) in [6.07, 6.45) is 3.36. The molecule has 3 rings (SSSR count). The summed E-state index contributed by atoms with van der Waals surface area (Å²) in [6, 6.07) is 9.89. The van der Waals surface area contributed by atoms with E-state index in [0.29, 0.717) is 30.7 Å². The van der Waals surface area contributed by atoms with Gasteiger partial charge in [0.05, 0.1) is 13.1 Å². The Morgan fingerprint density at radius 2 is 1.96 bits per heavy atom. The van der Waals surface area contributed by atoms with Crippen LogP contribution in [0.25, 0.3) is 11.2 Å². The van der Waals surface area contributed by atoms with Crippen LogP contribution in [0.5, 0.6) is 5.88 Å². The normalized spacial score (nSPS) is 11.2. The van der Waals surface area contributed by atoms with Crippen molar-refractivity contribution in [2.75, 3.05) is 12.3 Å². The third-order valence-corrected chi connectivity index (χ3v) is 3.69. The van der Waals surface area contributed by atoms with E-state index in [1.807, 2.05) is 45.8 Å². The Balaban J connectivity index is 2.03. The Morgan fingerprint density at radius 1 is 1.17 bits per heavy atom. The van der Waals surface area contributed by atoms with E-state index in [1.165, 1.54) is 0 Å². The van der Waals surface area contributed by atoms with Crippen molar-refractivity contribution in [3.05, 3.63) is 42.2 Å². The van der Waals surface area contributed by atoms with Crippen LogP contribution in [0.15, 0.2) is 36.7 Å². The van der Waals surface area contributed by atoms with Crippen molar-refractivity contribution in [2.24, 2.45) is 0 Å². The topological polar surface area (TPSA) is 104 Å². The molecule has 0 amide bonds. The number of aryl methyl sites for hydroxylation is 1. The SMILES string of the molecule is Nc1nc([O-])c2c(n1)[n+](CCCCO)cn2Cc1ccccc1. The van der Waals surface area contributed by atoms with E-state index >= 15 is 0 Å². The molecular formula is C16H19N5O2. The lowest BCUT2D eigenvalue weighted by Gasteiger charge is -2.06. The average Bonchev–Trinajstić information content (AvgIpc) is 2.86. The van der Waals surface area contributed by atoms with Gasteiger partial charge in [0.2, 0.25) is 0 Å². The third kappa shape index (κ3) is 3.24. The average molecular weight is 313 g/mol. The quantitative estimate of drug-likeness (QED) is 0.499. The number of unbranched alkanes of at least 4 members (excludes halogenated alkanes) is 1. The summed E-state index contributed by atoms with van der Waals surface area (Å²) < 4.78 is 3.75. The number of hydrogen-bond acceptors (Lipinski definition) is 5. The zero-order valence-electron chi connectivity index (χ0n) is 12.7. The van der Waals surface area contributed by atoms with Crippen molar-refractivity contribution >= 4 is 17.1 Å². The highest BCUT2D eigenvalue weighted by Gasteiger charge is 2.19. The number of nitrogens with zero attached hydrogens (tertiary/aromatic N) is 4. The molecule has 0 unspecified atom stereocenters. The molecule has 0 aliphatic rings. The maximum Gasteiger partial charge on any atom is 0.306 e. The summed E-state index contributed by atoms with van der Waals surface area (Å²) in [5.74, 6) is -0.389. The molecule has 0 aliphatic heterocycles. The lowest BCUT2D eigenvalue weighted by atomic mass is 10.2. The molecule has 0 spiro atoms. The van der Waals surface area contributed by atoms with Crippen LogP contribution in [-0.4, -0.2) is 26.2 Å². The summed E-state index contributed by atoms with van der Waals surface area (Å²) >= 11 is 0. The zero-order valence-corrected chi connectivity index (χ0v) is 12.7. The number of aliphatic hydroxyl groups is 1. The summed E-state index contributed by atoms with van der Waals surface area (Å²) in [4.78, 5) is 7.97. The smallest absolute Gasteiger partial charge is 0.306 e. The molecule has 120 valence electrons. The van der Waals surface area contributed by atoms with Gasteiger partial charge >= 0.3 is 5.65 Å². The van der Waals surface area contributed by atoms with E-state index in [0.717, 1.165) is 12.0 Å². The Hall–Kier alpha value is -2.67. The predicted octanol–water partition coefficient (Wildman–Crippen LogP) is 0.195. The van der Waals surface area contributed by atoms with Crippen LogP contribution in [0.2, 0.25) is 0 Å². The molecule has 2 heterocycles. The van der Waals surface area contributed by atoms with Gasteiger partial charge in [0.1, 0.15) is 0 Å². The number of fused-ring (bicyclic) bond motifs is 1. The highest BCUT2D eigenvalue weighted by molar-refractivity contribution is 5.74. The van der Waals surface area contributed by atoms with Gasteiger partial charge in [-0.25, -0.2) is 9.55 Å². The van der Waals surface area contributed by atoms with Gasteiger partial charge in [-0.05, 0) is 18.4 Å². The van der Waals surface area contributed by atoms with Crippen molar-refractivity contribution < 1.29 is 14.8 Å². The second-order valence-electron chi connectivity index (χ2n) is 5.41. The van der Waals surface area contributed by atoms with Gasteiger partial charge in [0, 0.05) is 12.5 Å². The van der Waals surface area contributed by atoms with E-state index < -0.39 is 0 Å². The highest BCUT2D eigenvalue weighted by atomic mass is 16.3. The number of aromatic nitrogens is 4. The molecule has 7 heteroatoms. The lowest BCUT2D eigenvalue weighted by molar-refractivity contribution is -0.674. The first-order chi connectivity index (χ1) is 11.2. The van der Waals surface area contributed by atoms with Crippen LogP contribution < -0.4 is 15.4 Å². The van der Waals surface area contributed by atoms with E-state index in [4.69, 9.17) is 10.8 Å². The first kappa shape index (κ1) is 15.2. The predicted molar refractivity (Wildman–Crippen MR) is 83.4 cm³/mol. The van der Waals surface area contributed by atoms with E-state index in [9.17, 15) is 5.11 Å². The molecule has 23 heavy (non-hydrogen) atoms. The van der Waals surface area contributed by atoms with Gasteiger partial charge < -0.3 is 15.9 Å². The second kappa shape index (κ2) is 6.62. The van der Waals surface area contributed by atoms with Crippen molar-refractivity contribution in [3.8, 4) is 5.88 Å². The number of imidazole rings is 1. The van der Waals surface area contributed by atoms with Gasteiger partial charge in [-0.15, -0.1) is 0 Å². The fourth-order valence-corrected chi connectivity index (χ4v) is 2.63. The molecular weight excluding hydrogens is 294 g/mol. The molecule has 2 aromatic heterocycles. The van der Waals surface area contributed by atoms with Gasteiger partial charge in [-0.2, -0.15) is 0 Å². The van der Waals surface area contributed by atoms with Crippen molar-refractivity contribution in [1.29, 1.82) is 0 Å². The number of rotatable bonds is 6. The number of hydrogen-bond donors (Lipinski definition) is 2. The Morgan fingerprint density at radius 3 is 2.70 bits per heavy atom. The number of nitrogen functional groups attached to an aromatic ring is 1. The summed E-state index contributed by atoms with van der Waals surface area (Å²) in [5, 5.41) is 21.2. The molecule has 0 saturated carbocycles. The fraction of sp³-hybridized carbons (Fsp3) is 0.312. The number of benzene rings is 1. The summed E-state index contributed by atoms with van der Waals surface area (Å²) in [6.45, 7) is 1.37. The number of anilines is 1. The van der Waals surface area contributed by atoms with Gasteiger partial charge in [0.25, 0.3) is 5.95 Å². The largest absolute Gasteiger partial charge is 0.856 e. The zero-order chi connectivity index (χ0) is 16.2. The summed E-state index contributed by atoms with van der Waals surface area (Å²) in [5.41, 5.74) is 7.70. The van der Waals surface area contributed by atoms with E-state index in [-0.39, 0.29) is 18.4 Å². The molecule has 7 nitrogen and oxygen atoms in total.